The molecule has 132 valence electrons. The molecule has 0 aliphatic carbocycles. The number of halogens is 1. The zero-order valence-corrected chi connectivity index (χ0v) is 15.8. The summed E-state index contributed by atoms with van der Waals surface area (Å²) in [4.78, 5) is 17.5. The normalized spacial score (nSPS) is 10.7. The topological polar surface area (TPSA) is 73.8 Å². The molecule has 0 fully saturated rings. The zero-order chi connectivity index (χ0) is 18.8. The quantitative estimate of drug-likeness (QED) is 0.537. The van der Waals surface area contributed by atoms with Crippen LogP contribution in [0.15, 0.2) is 88.3 Å². The van der Waals surface area contributed by atoms with Gasteiger partial charge in [0.15, 0.2) is 5.69 Å². The second kappa shape index (κ2) is 7.17. The Bertz CT molecular complexity index is 1140. The van der Waals surface area contributed by atoms with Crippen molar-refractivity contribution in [2.45, 2.75) is 0 Å². The van der Waals surface area contributed by atoms with E-state index < -0.39 is 0 Å². The number of aromatic nitrogens is 3. The maximum absolute atomic E-state index is 13.2. The van der Waals surface area contributed by atoms with Gasteiger partial charge in [0.1, 0.15) is 5.82 Å². The SMILES string of the molecule is Nc1c(-c2ccccc2)c(=O)c(-c2ccccn2)nn1-c1ccc(Br)cc1. The van der Waals surface area contributed by atoms with Crippen LogP contribution >= 0.6 is 15.9 Å². The van der Waals surface area contributed by atoms with E-state index in [0.717, 1.165) is 15.7 Å². The molecule has 0 bridgehead atoms. The van der Waals surface area contributed by atoms with Gasteiger partial charge >= 0.3 is 0 Å². The first-order valence-corrected chi connectivity index (χ1v) is 9.10. The molecule has 4 rings (SSSR count). The number of hydrogen-bond donors (Lipinski definition) is 1. The highest BCUT2D eigenvalue weighted by Crippen LogP contribution is 2.26. The average molecular weight is 419 g/mol. The lowest BCUT2D eigenvalue weighted by atomic mass is 10.0. The molecule has 0 radical (unpaired) electrons. The van der Waals surface area contributed by atoms with Gasteiger partial charge in [0.2, 0.25) is 5.43 Å². The van der Waals surface area contributed by atoms with Gasteiger partial charge in [-0.05, 0) is 42.0 Å². The van der Waals surface area contributed by atoms with Crippen molar-refractivity contribution in [2.75, 3.05) is 5.73 Å². The van der Waals surface area contributed by atoms with Crippen LogP contribution in [0.5, 0.6) is 0 Å². The molecule has 0 aliphatic heterocycles. The van der Waals surface area contributed by atoms with Gasteiger partial charge in [-0.15, -0.1) is 0 Å². The van der Waals surface area contributed by atoms with Crippen molar-refractivity contribution in [3.8, 4) is 28.2 Å². The Morgan fingerprint density at radius 3 is 2.26 bits per heavy atom. The molecule has 5 nitrogen and oxygen atoms in total. The van der Waals surface area contributed by atoms with Gasteiger partial charge in [-0.25, -0.2) is 4.68 Å². The standard InChI is InChI=1S/C21H15BrN4O/c22-15-9-11-16(12-10-15)26-21(23)18(14-6-2-1-3-7-14)20(27)19(25-26)17-8-4-5-13-24-17/h1-13H,23H2. The number of benzene rings is 2. The molecule has 4 aromatic rings. The molecule has 2 heterocycles. The van der Waals surface area contributed by atoms with Gasteiger partial charge in [-0.1, -0.05) is 52.3 Å². The molecule has 0 spiro atoms. The van der Waals surface area contributed by atoms with E-state index in [2.05, 4.69) is 26.0 Å². The van der Waals surface area contributed by atoms with E-state index in [4.69, 9.17) is 5.73 Å². The smallest absolute Gasteiger partial charge is 0.219 e. The summed E-state index contributed by atoms with van der Waals surface area (Å²) < 4.78 is 2.53. The van der Waals surface area contributed by atoms with E-state index in [1.807, 2.05) is 60.7 Å². The Morgan fingerprint density at radius 1 is 0.889 bits per heavy atom. The number of nitrogen functional groups attached to an aromatic ring is 1. The predicted molar refractivity (Wildman–Crippen MR) is 111 cm³/mol. The summed E-state index contributed by atoms with van der Waals surface area (Å²) in [6.07, 6.45) is 1.64. The summed E-state index contributed by atoms with van der Waals surface area (Å²) >= 11 is 3.43. The summed E-state index contributed by atoms with van der Waals surface area (Å²) in [7, 11) is 0. The number of hydrogen-bond acceptors (Lipinski definition) is 4. The van der Waals surface area contributed by atoms with E-state index in [9.17, 15) is 4.79 Å². The van der Waals surface area contributed by atoms with Crippen LogP contribution in [0.1, 0.15) is 0 Å². The van der Waals surface area contributed by atoms with Crippen molar-refractivity contribution in [1.82, 2.24) is 14.8 Å². The summed E-state index contributed by atoms with van der Waals surface area (Å²) in [5.74, 6) is 0.285. The van der Waals surface area contributed by atoms with E-state index in [1.165, 1.54) is 0 Å². The molecule has 0 aliphatic rings. The molecule has 2 aromatic heterocycles. The molecule has 0 amide bonds. The lowest BCUT2D eigenvalue weighted by molar-refractivity contribution is 0.855. The second-order valence-electron chi connectivity index (χ2n) is 5.91. The van der Waals surface area contributed by atoms with Crippen molar-refractivity contribution < 1.29 is 0 Å². The number of anilines is 1. The van der Waals surface area contributed by atoms with E-state index in [0.29, 0.717) is 11.3 Å². The number of nitrogens with two attached hydrogens (primary N) is 1. The lowest BCUT2D eigenvalue weighted by Gasteiger charge is -2.15. The highest BCUT2D eigenvalue weighted by atomic mass is 79.9. The van der Waals surface area contributed by atoms with Crippen LogP contribution in [0.2, 0.25) is 0 Å². The van der Waals surface area contributed by atoms with Crippen LogP contribution in [0.25, 0.3) is 28.2 Å². The first-order chi connectivity index (χ1) is 13.1. The Hall–Kier alpha value is -3.25. The third kappa shape index (κ3) is 3.27. The minimum absolute atomic E-state index is 0.245. The molecule has 2 aromatic carbocycles. The van der Waals surface area contributed by atoms with Crippen molar-refractivity contribution >= 4 is 21.7 Å². The summed E-state index contributed by atoms with van der Waals surface area (Å²) in [6, 6.07) is 22.3. The van der Waals surface area contributed by atoms with E-state index >= 15 is 0 Å². The maximum atomic E-state index is 13.2. The Labute approximate surface area is 164 Å². The molecular weight excluding hydrogens is 404 g/mol. The number of pyridine rings is 1. The molecule has 2 N–H and O–H groups in total. The fourth-order valence-corrected chi connectivity index (χ4v) is 3.14. The Balaban J connectivity index is 2.05. The first kappa shape index (κ1) is 17.2. The zero-order valence-electron chi connectivity index (χ0n) is 14.2. The molecule has 6 heteroatoms. The number of nitrogens with zero attached hydrogens (tertiary/aromatic N) is 3. The molecular formula is C21H15BrN4O. The average Bonchev–Trinajstić information content (AvgIpc) is 2.71. The predicted octanol–water partition coefficient (Wildman–Crippen LogP) is 4.31. The summed E-state index contributed by atoms with van der Waals surface area (Å²) in [5.41, 5.74) is 8.83. The van der Waals surface area contributed by atoms with Crippen molar-refractivity contribution in [3.05, 3.63) is 93.7 Å². The van der Waals surface area contributed by atoms with Crippen LogP contribution in [-0.4, -0.2) is 14.8 Å². The molecule has 0 unspecified atom stereocenters. The van der Waals surface area contributed by atoms with Crippen LogP contribution < -0.4 is 11.2 Å². The van der Waals surface area contributed by atoms with E-state index in [1.54, 1.807) is 23.0 Å². The van der Waals surface area contributed by atoms with Crippen molar-refractivity contribution in [1.29, 1.82) is 0 Å². The highest BCUT2D eigenvalue weighted by molar-refractivity contribution is 9.10. The van der Waals surface area contributed by atoms with Crippen molar-refractivity contribution in [3.63, 3.8) is 0 Å². The fourth-order valence-electron chi connectivity index (χ4n) is 2.87. The van der Waals surface area contributed by atoms with Crippen molar-refractivity contribution in [2.24, 2.45) is 0 Å². The minimum Gasteiger partial charge on any atom is -0.383 e. The van der Waals surface area contributed by atoms with Gasteiger partial charge < -0.3 is 5.73 Å². The Kier molecular flexibility index (Phi) is 4.56. The molecule has 0 saturated carbocycles. The van der Waals surface area contributed by atoms with Gasteiger partial charge in [-0.3, -0.25) is 9.78 Å². The van der Waals surface area contributed by atoms with Gasteiger partial charge in [0.05, 0.1) is 16.9 Å². The van der Waals surface area contributed by atoms with Crippen LogP contribution in [0.3, 0.4) is 0 Å². The summed E-state index contributed by atoms with van der Waals surface area (Å²) in [6.45, 7) is 0. The van der Waals surface area contributed by atoms with Crippen LogP contribution in [-0.2, 0) is 0 Å². The molecule has 0 saturated heterocycles. The maximum Gasteiger partial charge on any atom is 0.219 e. The van der Waals surface area contributed by atoms with E-state index in [-0.39, 0.29) is 16.9 Å². The van der Waals surface area contributed by atoms with Crippen LogP contribution in [0, 0.1) is 0 Å². The largest absolute Gasteiger partial charge is 0.383 e. The highest BCUT2D eigenvalue weighted by Gasteiger charge is 2.19. The third-order valence-electron chi connectivity index (χ3n) is 4.17. The van der Waals surface area contributed by atoms with Crippen LogP contribution in [0.4, 0.5) is 5.82 Å². The fraction of sp³-hybridized carbons (Fsp3) is 0. The van der Waals surface area contributed by atoms with Gasteiger partial charge in [0.25, 0.3) is 0 Å². The monoisotopic (exact) mass is 418 g/mol. The van der Waals surface area contributed by atoms with Gasteiger partial charge in [-0.2, -0.15) is 5.10 Å². The molecule has 0 atom stereocenters. The third-order valence-corrected chi connectivity index (χ3v) is 4.70. The molecule has 27 heavy (non-hydrogen) atoms. The summed E-state index contributed by atoms with van der Waals surface area (Å²) in [5, 5.41) is 4.53. The number of rotatable bonds is 3. The first-order valence-electron chi connectivity index (χ1n) is 8.31. The second-order valence-corrected chi connectivity index (χ2v) is 6.82. The van der Waals surface area contributed by atoms with Gasteiger partial charge in [0, 0.05) is 10.7 Å². The lowest BCUT2D eigenvalue weighted by Crippen LogP contribution is -2.21. The minimum atomic E-state index is -0.245. The Morgan fingerprint density at radius 2 is 1.59 bits per heavy atom.